The van der Waals surface area contributed by atoms with Gasteiger partial charge in [0.25, 0.3) is 0 Å². The Balaban J connectivity index is 1.99. The number of rotatable bonds is 3. The van der Waals surface area contributed by atoms with Crippen molar-refractivity contribution in [3.63, 3.8) is 0 Å². The Kier molecular flexibility index (Phi) is 3.20. The average molecular weight is 225 g/mol. The lowest BCUT2D eigenvalue weighted by atomic mass is 9.95. The Morgan fingerprint density at radius 2 is 2.07 bits per heavy atom. The maximum atomic E-state index is 5.91. The van der Waals surface area contributed by atoms with Crippen LogP contribution in [0.25, 0.3) is 0 Å². The van der Waals surface area contributed by atoms with Crippen molar-refractivity contribution in [1.82, 2.24) is 0 Å². The highest BCUT2D eigenvalue weighted by molar-refractivity contribution is 6.21. The molecule has 2 rings (SSSR count). The molecule has 0 unspecified atom stereocenters. The largest absolute Gasteiger partial charge is 0.490 e. The van der Waals surface area contributed by atoms with E-state index in [-0.39, 0.29) is 0 Å². The summed E-state index contributed by atoms with van der Waals surface area (Å²) in [5, 5.41) is 0.322. The number of ether oxygens (including phenoxy) is 1. The summed E-state index contributed by atoms with van der Waals surface area (Å²) in [4.78, 5) is 0. The first-order valence-electron chi connectivity index (χ1n) is 5.56. The van der Waals surface area contributed by atoms with Crippen LogP contribution in [0.4, 0.5) is 0 Å². The molecule has 15 heavy (non-hydrogen) atoms. The molecule has 0 spiro atoms. The molecule has 0 radical (unpaired) electrons. The number of hydrogen-bond donors (Lipinski definition) is 0. The fourth-order valence-corrected chi connectivity index (χ4v) is 2.13. The number of alkyl halides is 1. The van der Waals surface area contributed by atoms with Gasteiger partial charge in [0.2, 0.25) is 0 Å². The molecular formula is C13H17ClO. The minimum Gasteiger partial charge on any atom is -0.490 e. The molecule has 0 aromatic heterocycles. The highest BCUT2D eigenvalue weighted by Crippen LogP contribution is 2.30. The second kappa shape index (κ2) is 4.44. The molecule has 1 aliphatic carbocycles. The minimum atomic E-state index is 0.322. The van der Waals surface area contributed by atoms with Gasteiger partial charge < -0.3 is 4.74 Å². The predicted molar refractivity (Wildman–Crippen MR) is 63.8 cm³/mol. The molecule has 0 N–H and O–H groups in total. The van der Waals surface area contributed by atoms with E-state index in [1.165, 1.54) is 5.56 Å². The van der Waals surface area contributed by atoms with E-state index in [9.17, 15) is 0 Å². The van der Waals surface area contributed by atoms with Gasteiger partial charge in [0.15, 0.2) is 0 Å². The van der Waals surface area contributed by atoms with Crippen LogP contribution in [0.5, 0.6) is 5.75 Å². The maximum absolute atomic E-state index is 5.91. The van der Waals surface area contributed by atoms with Crippen molar-refractivity contribution < 1.29 is 4.74 Å². The van der Waals surface area contributed by atoms with Crippen LogP contribution in [0, 0.1) is 0 Å². The lowest BCUT2D eigenvalue weighted by Gasteiger charge is -2.31. The molecule has 0 amide bonds. The van der Waals surface area contributed by atoms with Gasteiger partial charge in [-0.05, 0) is 23.6 Å². The molecule has 1 saturated carbocycles. The van der Waals surface area contributed by atoms with Gasteiger partial charge >= 0.3 is 0 Å². The van der Waals surface area contributed by atoms with Crippen LogP contribution in [0.3, 0.4) is 0 Å². The van der Waals surface area contributed by atoms with E-state index in [0.29, 0.717) is 17.4 Å². The van der Waals surface area contributed by atoms with E-state index in [1.54, 1.807) is 0 Å². The summed E-state index contributed by atoms with van der Waals surface area (Å²) in [5.41, 5.74) is 1.33. The summed E-state index contributed by atoms with van der Waals surface area (Å²) in [6, 6.07) is 8.35. The zero-order chi connectivity index (χ0) is 10.8. The van der Waals surface area contributed by atoms with Crippen molar-refractivity contribution in [2.75, 3.05) is 0 Å². The monoisotopic (exact) mass is 224 g/mol. The molecule has 0 atom stereocenters. The highest BCUT2D eigenvalue weighted by atomic mass is 35.5. The standard InChI is InChI=1S/C13H17ClO/c1-9(2)10-4-3-5-12(6-10)15-13-7-11(14)8-13/h3-6,9,11,13H,7-8H2,1-2H3. The summed E-state index contributed by atoms with van der Waals surface area (Å²) < 4.78 is 5.83. The van der Waals surface area contributed by atoms with Crippen LogP contribution in [0.2, 0.25) is 0 Å². The highest BCUT2D eigenvalue weighted by Gasteiger charge is 2.28. The molecule has 1 nitrogen and oxygen atoms in total. The summed E-state index contributed by atoms with van der Waals surface area (Å²) in [7, 11) is 0. The first-order chi connectivity index (χ1) is 7.15. The van der Waals surface area contributed by atoms with Crippen molar-refractivity contribution in [3.05, 3.63) is 29.8 Å². The molecule has 1 fully saturated rings. The Bertz CT molecular complexity index is 329. The smallest absolute Gasteiger partial charge is 0.120 e. The van der Waals surface area contributed by atoms with E-state index >= 15 is 0 Å². The lowest BCUT2D eigenvalue weighted by molar-refractivity contribution is 0.124. The molecule has 0 aliphatic heterocycles. The molecular weight excluding hydrogens is 208 g/mol. The predicted octanol–water partition coefficient (Wildman–Crippen LogP) is 3.96. The van der Waals surface area contributed by atoms with Crippen LogP contribution >= 0.6 is 11.6 Å². The Morgan fingerprint density at radius 1 is 1.33 bits per heavy atom. The summed E-state index contributed by atoms with van der Waals surface area (Å²) >= 11 is 5.91. The number of halogens is 1. The Hall–Kier alpha value is -0.690. The molecule has 2 heteroatoms. The van der Waals surface area contributed by atoms with Gasteiger partial charge in [-0.2, -0.15) is 0 Å². The quantitative estimate of drug-likeness (QED) is 0.707. The third kappa shape index (κ3) is 2.66. The van der Waals surface area contributed by atoms with Crippen molar-refractivity contribution in [1.29, 1.82) is 0 Å². The fourth-order valence-electron chi connectivity index (χ4n) is 1.74. The van der Waals surface area contributed by atoms with Gasteiger partial charge in [-0.3, -0.25) is 0 Å². The first kappa shape index (κ1) is 10.8. The van der Waals surface area contributed by atoms with E-state index in [2.05, 4.69) is 32.0 Å². The van der Waals surface area contributed by atoms with Crippen LogP contribution in [-0.4, -0.2) is 11.5 Å². The Labute approximate surface area is 96.4 Å². The number of benzene rings is 1. The second-order valence-corrected chi connectivity index (χ2v) is 5.15. The summed E-state index contributed by atoms with van der Waals surface area (Å²) in [6.45, 7) is 4.38. The van der Waals surface area contributed by atoms with E-state index in [4.69, 9.17) is 16.3 Å². The van der Waals surface area contributed by atoms with Gasteiger partial charge in [0, 0.05) is 18.2 Å². The van der Waals surface area contributed by atoms with Crippen LogP contribution in [0.15, 0.2) is 24.3 Å². The van der Waals surface area contributed by atoms with E-state index in [0.717, 1.165) is 18.6 Å². The number of hydrogen-bond acceptors (Lipinski definition) is 1. The summed E-state index contributed by atoms with van der Waals surface area (Å²) in [5.74, 6) is 1.53. The lowest BCUT2D eigenvalue weighted by Crippen LogP contribution is -2.34. The molecule has 0 bridgehead atoms. The van der Waals surface area contributed by atoms with Gasteiger partial charge in [-0.1, -0.05) is 26.0 Å². The zero-order valence-corrected chi connectivity index (χ0v) is 10.00. The van der Waals surface area contributed by atoms with Crippen molar-refractivity contribution >= 4 is 11.6 Å². The van der Waals surface area contributed by atoms with Gasteiger partial charge in [-0.25, -0.2) is 0 Å². The molecule has 1 aromatic rings. The molecule has 0 saturated heterocycles. The molecule has 1 aliphatic rings. The van der Waals surface area contributed by atoms with Gasteiger partial charge in [0.05, 0.1) is 0 Å². The van der Waals surface area contributed by atoms with E-state index in [1.807, 2.05) is 6.07 Å². The van der Waals surface area contributed by atoms with Crippen LogP contribution < -0.4 is 4.74 Å². The maximum Gasteiger partial charge on any atom is 0.120 e. The van der Waals surface area contributed by atoms with Crippen molar-refractivity contribution in [2.45, 2.75) is 44.1 Å². The fraction of sp³-hybridized carbons (Fsp3) is 0.538. The SMILES string of the molecule is CC(C)c1cccc(OC2CC(Cl)C2)c1. The third-order valence-electron chi connectivity index (χ3n) is 2.86. The second-order valence-electron chi connectivity index (χ2n) is 4.54. The molecule has 1 aromatic carbocycles. The van der Waals surface area contributed by atoms with Crippen molar-refractivity contribution in [2.24, 2.45) is 0 Å². The Morgan fingerprint density at radius 3 is 2.67 bits per heavy atom. The van der Waals surface area contributed by atoms with E-state index < -0.39 is 0 Å². The zero-order valence-electron chi connectivity index (χ0n) is 9.24. The van der Waals surface area contributed by atoms with Crippen molar-refractivity contribution in [3.8, 4) is 5.75 Å². The van der Waals surface area contributed by atoms with Gasteiger partial charge in [0.1, 0.15) is 11.9 Å². The van der Waals surface area contributed by atoms with Crippen LogP contribution in [-0.2, 0) is 0 Å². The van der Waals surface area contributed by atoms with Crippen LogP contribution in [0.1, 0.15) is 38.2 Å². The third-order valence-corrected chi connectivity index (χ3v) is 3.22. The molecule has 82 valence electrons. The minimum absolute atomic E-state index is 0.322. The van der Waals surface area contributed by atoms with Gasteiger partial charge in [-0.15, -0.1) is 11.6 Å². The normalized spacial score (nSPS) is 25.1. The topological polar surface area (TPSA) is 9.23 Å². The first-order valence-corrected chi connectivity index (χ1v) is 5.99. The molecule has 0 heterocycles. The summed E-state index contributed by atoms with van der Waals surface area (Å²) in [6.07, 6.45) is 2.29. The average Bonchev–Trinajstić information content (AvgIpc) is 2.16.